The van der Waals surface area contributed by atoms with Crippen LogP contribution < -0.4 is 10.0 Å². The van der Waals surface area contributed by atoms with Gasteiger partial charge in [0, 0.05) is 0 Å². The van der Waals surface area contributed by atoms with Crippen LogP contribution in [-0.4, -0.2) is 12.5 Å². The van der Waals surface area contributed by atoms with E-state index in [9.17, 15) is 4.79 Å². The molecular weight excluding hydrogens is 242 g/mol. The van der Waals surface area contributed by atoms with Crippen molar-refractivity contribution in [3.05, 3.63) is 29.8 Å². The van der Waals surface area contributed by atoms with Crippen molar-refractivity contribution in [1.82, 2.24) is 0 Å². The predicted octanol–water partition coefficient (Wildman–Crippen LogP) is 2.64. The maximum absolute atomic E-state index is 10.7. The summed E-state index contributed by atoms with van der Waals surface area (Å²) in [6, 6.07) is 6.86. The highest BCUT2D eigenvalue weighted by Crippen LogP contribution is 2.13. The molecule has 0 saturated heterocycles. The Balaban J connectivity index is 0.000000770. The molecule has 0 aliphatic carbocycles. The highest BCUT2D eigenvalue weighted by molar-refractivity contribution is 6.09. The lowest BCUT2D eigenvalue weighted by Gasteiger charge is -2.03. The van der Waals surface area contributed by atoms with Crippen LogP contribution in [0.4, 0.5) is 0 Å². The van der Waals surface area contributed by atoms with Gasteiger partial charge in [0.15, 0.2) is 0 Å². The van der Waals surface area contributed by atoms with Crippen LogP contribution in [0.1, 0.15) is 25.8 Å². The highest BCUT2D eigenvalue weighted by Gasteiger charge is 2.00. The van der Waals surface area contributed by atoms with E-state index >= 15 is 0 Å². The smallest absolute Gasteiger partial charge is 0.320 e. The molecule has 5 heteroatoms. The van der Waals surface area contributed by atoms with Gasteiger partial charge in [-0.1, -0.05) is 32.4 Å². The number of esters is 1. The number of nitrogens with two attached hydrogens (primary N) is 1. The zero-order chi connectivity index (χ0) is 13.1. The summed E-state index contributed by atoms with van der Waals surface area (Å²) in [5.41, 5.74) is 5.92. The molecule has 96 valence electrons. The zero-order valence-corrected chi connectivity index (χ0v) is 10.9. The van der Waals surface area contributed by atoms with Gasteiger partial charge in [-0.15, -0.1) is 0 Å². The third-order valence-corrected chi connectivity index (χ3v) is 1.76. The Bertz CT molecular complexity index is 314. The molecule has 1 aromatic rings. The summed E-state index contributed by atoms with van der Waals surface area (Å²) in [6.45, 7) is 4.35. The minimum Gasteiger partial charge on any atom is -0.460 e. The van der Waals surface area contributed by atoms with Crippen molar-refractivity contribution in [3.63, 3.8) is 0 Å². The van der Waals surface area contributed by atoms with Gasteiger partial charge >= 0.3 is 5.97 Å². The largest absolute Gasteiger partial charge is 0.460 e. The Hall–Kier alpha value is -1.26. The van der Waals surface area contributed by atoms with Gasteiger partial charge in [0.25, 0.3) is 0 Å². The minimum absolute atomic E-state index is 0.108. The molecular formula is C12H18ClNO3. The molecule has 0 saturated carbocycles. The number of carbonyl (C=O) groups excluding carboxylic acids is 1. The van der Waals surface area contributed by atoms with Crippen LogP contribution >= 0.6 is 11.9 Å². The van der Waals surface area contributed by atoms with Crippen molar-refractivity contribution in [1.29, 1.82) is 0 Å². The number of carbonyl (C=O) groups is 1. The van der Waals surface area contributed by atoms with Gasteiger partial charge in [0.2, 0.25) is 0 Å². The molecule has 2 N–H and O–H groups in total. The second-order valence-corrected chi connectivity index (χ2v) is 3.45. The molecule has 0 amide bonds. The Morgan fingerprint density at radius 1 is 1.29 bits per heavy atom. The van der Waals surface area contributed by atoms with Gasteiger partial charge < -0.3 is 14.8 Å². The highest BCUT2D eigenvalue weighted by atomic mass is 35.5. The molecule has 0 heterocycles. The molecule has 0 fully saturated rings. The van der Waals surface area contributed by atoms with Crippen molar-refractivity contribution in [2.75, 3.05) is 6.54 Å². The summed E-state index contributed by atoms with van der Waals surface area (Å²) in [7, 11) is 0. The molecule has 4 nitrogen and oxygen atoms in total. The molecule has 0 aliphatic rings. The summed E-state index contributed by atoms with van der Waals surface area (Å²) < 4.78 is 9.27. The number of benzene rings is 1. The molecule has 1 aromatic carbocycles. The topological polar surface area (TPSA) is 61.6 Å². The maximum Gasteiger partial charge on any atom is 0.320 e. The Kier molecular flexibility index (Phi) is 9.19. The van der Waals surface area contributed by atoms with Crippen LogP contribution in [0.2, 0.25) is 0 Å². The summed E-state index contributed by atoms with van der Waals surface area (Å²) in [4.78, 5) is 10.7. The van der Waals surface area contributed by atoms with E-state index in [1.807, 2.05) is 0 Å². The van der Waals surface area contributed by atoms with E-state index < -0.39 is 5.97 Å². The first-order valence-electron chi connectivity index (χ1n) is 5.41. The van der Waals surface area contributed by atoms with E-state index in [1.165, 1.54) is 6.42 Å². The van der Waals surface area contributed by atoms with Crippen molar-refractivity contribution in [2.24, 2.45) is 5.73 Å². The van der Waals surface area contributed by atoms with E-state index in [4.69, 9.17) is 22.3 Å². The Labute approximate surface area is 107 Å². The van der Waals surface area contributed by atoms with Crippen molar-refractivity contribution in [3.8, 4) is 5.75 Å². The lowest BCUT2D eigenvalue weighted by molar-refractivity contribution is -0.143. The Morgan fingerprint density at radius 2 is 1.82 bits per heavy atom. The number of halogens is 1. The minimum atomic E-state index is -0.428. The van der Waals surface area contributed by atoms with Gasteiger partial charge in [-0.05, 0) is 17.7 Å². The van der Waals surface area contributed by atoms with Gasteiger partial charge in [0.05, 0.1) is 6.54 Å². The summed E-state index contributed by atoms with van der Waals surface area (Å²) in [6.07, 6.45) is 1.25. The van der Waals surface area contributed by atoms with Gasteiger partial charge in [-0.2, -0.15) is 0 Å². The Morgan fingerprint density at radius 3 is 2.24 bits per heavy atom. The lowest BCUT2D eigenvalue weighted by Crippen LogP contribution is -2.16. The number of rotatable bonds is 4. The second-order valence-electron chi connectivity index (χ2n) is 3.29. The van der Waals surface area contributed by atoms with E-state index in [0.717, 1.165) is 5.56 Å². The predicted molar refractivity (Wildman–Crippen MR) is 67.7 cm³/mol. The monoisotopic (exact) mass is 259 g/mol. The van der Waals surface area contributed by atoms with Crippen LogP contribution in [0, 0.1) is 0 Å². The first-order valence-corrected chi connectivity index (χ1v) is 5.71. The molecule has 0 unspecified atom stereocenters. The zero-order valence-electron chi connectivity index (χ0n) is 10.1. The van der Waals surface area contributed by atoms with E-state index in [2.05, 4.69) is 18.1 Å². The average Bonchev–Trinajstić information content (AvgIpc) is 2.37. The molecule has 0 spiro atoms. The standard InChI is InChI=1S/C9H10ClNO3.C3H8/c10-14-8-3-1-7(2-4-8)6-13-9(12)5-11;1-3-2/h1-4H,5-6,11H2;3H2,1-2H3. The molecule has 17 heavy (non-hydrogen) atoms. The van der Waals surface area contributed by atoms with Crippen LogP contribution in [0.5, 0.6) is 5.75 Å². The van der Waals surface area contributed by atoms with Gasteiger partial charge in [0.1, 0.15) is 24.2 Å². The summed E-state index contributed by atoms with van der Waals surface area (Å²) in [5, 5.41) is 0. The van der Waals surface area contributed by atoms with Crippen molar-refractivity contribution < 1.29 is 13.8 Å². The van der Waals surface area contributed by atoms with Gasteiger partial charge in [-0.25, -0.2) is 0 Å². The SMILES string of the molecule is CCC.NCC(=O)OCc1ccc(OCl)cc1. The van der Waals surface area contributed by atoms with Crippen LogP contribution in [0.25, 0.3) is 0 Å². The maximum atomic E-state index is 10.7. The quantitative estimate of drug-likeness (QED) is 0.845. The number of ether oxygens (including phenoxy) is 1. The second kappa shape index (κ2) is 9.93. The van der Waals surface area contributed by atoms with E-state index in [-0.39, 0.29) is 13.2 Å². The molecule has 1 rings (SSSR count). The summed E-state index contributed by atoms with van der Waals surface area (Å²) in [5.74, 6) is 0.114. The van der Waals surface area contributed by atoms with E-state index in [1.54, 1.807) is 24.3 Å². The van der Waals surface area contributed by atoms with Crippen LogP contribution in [0.15, 0.2) is 24.3 Å². The molecule has 0 aromatic heterocycles. The fourth-order valence-electron chi connectivity index (χ4n) is 0.860. The fraction of sp³-hybridized carbons (Fsp3) is 0.417. The first-order chi connectivity index (χ1) is 8.17. The van der Waals surface area contributed by atoms with E-state index in [0.29, 0.717) is 5.75 Å². The van der Waals surface area contributed by atoms with Crippen molar-refractivity contribution >= 4 is 17.8 Å². The number of hydrogen-bond donors (Lipinski definition) is 1. The molecule has 0 radical (unpaired) electrons. The first kappa shape index (κ1) is 15.7. The fourth-order valence-corrected chi connectivity index (χ4v) is 0.963. The average molecular weight is 260 g/mol. The van der Waals surface area contributed by atoms with Crippen LogP contribution in [0.3, 0.4) is 0 Å². The third-order valence-electron chi connectivity index (χ3n) is 1.58. The molecule has 0 bridgehead atoms. The normalized spacial score (nSPS) is 8.94. The summed E-state index contributed by atoms with van der Waals surface area (Å²) >= 11 is 5.13. The molecule has 0 atom stereocenters. The lowest BCUT2D eigenvalue weighted by atomic mass is 10.2. The van der Waals surface area contributed by atoms with Gasteiger partial charge in [-0.3, -0.25) is 4.79 Å². The number of hydrogen-bond acceptors (Lipinski definition) is 4. The van der Waals surface area contributed by atoms with Crippen molar-refractivity contribution in [2.45, 2.75) is 26.9 Å². The third kappa shape index (κ3) is 7.60. The van der Waals surface area contributed by atoms with Crippen LogP contribution in [-0.2, 0) is 16.1 Å². The molecule has 0 aliphatic heterocycles.